The van der Waals surface area contributed by atoms with Gasteiger partial charge in [0.05, 0.1) is 24.2 Å². The molecule has 0 aromatic heterocycles. The Morgan fingerprint density at radius 1 is 1.44 bits per heavy atom. The van der Waals surface area contributed by atoms with Gasteiger partial charge >= 0.3 is 11.9 Å². The number of aliphatic hydroxyl groups is 2. The van der Waals surface area contributed by atoms with Crippen molar-refractivity contribution >= 4 is 11.9 Å². The molecule has 6 atom stereocenters. The average Bonchev–Trinajstić information content (AvgIpc) is 2.84. The minimum atomic E-state index is -0.807. The Balaban J connectivity index is 1.93. The van der Waals surface area contributed by atoms with Crippen molar-refractivity contribution in [3.05, 3.63) is 36.5 Å². The second-order valence-corrected chi connectivity index (χ2v) is 7.53. The molecule has 25 heavy (non-hydrogen) atoms. The molecule has 1 aliphatic heterocycles. The van der Waals surface area contributed by atoms with E-state index in [4.69, 9.17) is 14.6 Å². The molecule has 1 heterocycles. The van der Waals surface area contributed by atoms with E-state index < -0.39 is 48.2 Å². The van der Waals surface area contributed by atoms with E-state index in [0.29, 0.717) is 24.8 Å². The summed E-state index contributed by atoms with van der Waals surface area (Å²) in [6, 6.07) is 0. The molecule has 2 N–H and O–H groups in total. The lowest BCUT2D eigenvalue weighted by molar-refractivity contribution is -0.179. The van der Waals surface area contributed by atoms with Gasteiger partial charge in [-0.1, -0.05) is 32.2 Å². The lowest BCUT2D eigenvalue weighted by Crippen LogP contribution is -2.58. The third-order valence-corrected chi connectivity index (χ3v) is 6.00. The highest BCUT2D eigenvalue weighted by Gasteiger charge is 2.62. The monoisotopic (exact) mass is 348 g/mol. The second kappa shape index (κ2) is 6.11. The van der Waals surface area contributed by atoms with Gasteiger partial charge in [-0.05, 0) is 19.3 Å². The van der Waals surface area contributed by atoms with Gasteiger partial charge in [0, 0.05) is 16.9 Å². The molecule has 2 aliphatic carbocycles. The van der Waals surface area contributed by atoms with Crippen LogP contribution in [0.3, 0.4) is 0 Å². The summed E-state index contributed by atoms with van der Waals surface area (Å²) in [5.41, 5.74) is 0.589. The standard InChI is InChI=1S/C19H24O6/c1-9-5-6-13(24-17(22)10(2)8-20)19(4)7-12(21)14-11(3)18(23)25-16(14)15(9)19/h12-16,20-21H,1-3,5-8H2,4H3/t12-,13-,14?,15+,16-,19-/m0/s1. The minimum absolute atomic E-state index is 0.0144. The van der Waals surface area contributed by atoms with Crippen LogP contribution in [0.2, 0.25) is 0 Å². The van der Waals surface area contributed by atoms with Crippen LogP contribution in [0, 0.1) is 17.3 Å². The topological polar surface area (TPSA) is 93.1 Å². The predicted octanol–water partition coefficient (Wildman–Crippen LogP) is 1.28. The molecule has 0 amide bonds. The number of esters is 2. The Kier molecular flexibility index (Phi) is 4.37. The van der Waals surface area contributed by atoms with Crippen LogP contribution in [0.1, 0.15) is 26.2 Å². The third-order valence-electron chi connectivity index (χ3n) is 6.00. The number of ether oxygens (including phenoxy) is 2. The van der Waals surface area contributed by atoms with Crippen molar-refractivity contribution < 1.29 is 29.3 Å². The molecule has 0 aromatic carbocycles. The zero-order valence-corrected chi connectivity index (χ0v) is 14.4. The molecule has 1 unspecified atom stereocenters. The summed E-state index contributed by atoms with van der Waals surface area (Å²) in [5.74, 6) is -1.81. The van der Waals surface area contributed by atoms with Gasteiger partial charge < -0.3 is 19.7 Å². The Labute approximate surface area is 146 Å². The summed E-state index contributed by atoms with van der Waals surface area (Å²) >= 11 is 0. The molecule has 0 bridgehead atoms. The summed E-state index contributed by atoms with van der Waals surface area (Å²) < 4.78 is 11.1. The SMILES string of the molecule is C=C(CO)C(=O)O[C@H]1CCC(=C)[C@@H]2[C@H]3OC(=O)C(=C)C3[C@@H](O)C[C@@]12C. The molecule has 136 valence electrons. The van der Waals surface area contributed by atoms with Crippen LogP contribution in [0.15, 0.2) is 36.5 Å². The number of fused-ring (bicyclic) bond motifs is 3. The molecule has 3 aliphatic rings. The van der Waals surface area contributed by atoms with E-state index in [1.165, 1.54) is 0 Å². The Bertz CT molecular complexity index is 665. The first-order chi connectivity index (χ1) is 11.7. The summed E-state index contributed by atoms with van der Waals surface area (Å²) in [6.07, 6.45) is -0.288. The van der Waals surface area contributed by atoms with Gasteiger partial charge in [-0.2, -0.15) is 0 Å². The average molecular weight is 348 g/mol. The van der Waals surface area contributed by atoms with E-state index in [-0.39, 0.29) is 11.5 Å². The number of carbonyl (C=O) groups is 2. The fourth-order valence-electron chi connectivity index (χ4n) is 4.72. The van der Waals surface area contributed by atoms with Gasteiger partial charge in [-0.25, -0.2) is 9.59 Å². The molecule has 2 saturated carbocycles. The summed E-state index contributed by atoms with van der Waals surface area (Å²) in [5, 5.41) is 19.7. The lowest BCUT2D eigenvalue weighted by Gasteiger charge is -2.54. The van der Waals surface area contributed by atoms with Gasteiger partial charge in [0.2, 0.25) is 0 Å². The molecule has 0 aromatic rings. The number of carbonyl (C=O) groups excluding carboxylic acids is 2. The number of aliphatic hydroxyl groups excluding tert-OH is 2. The highest BCUT2D eigenvalue weighted by molar-refractivity contribution is 5.91. The molecule has 1 saturated heterocycles. The first-order valence-corrected chi connectivity index (χ1v) is 8.45. The van der Waals surface area contributed by atoms with Crippen LogP contribution in [-0.2, 0) is 19.1 Å². The summed E-state index contributed by atoms with van der Waals surface area (Å²) in [7, 11) is 0. The Morgan fingerprint density at radius 3 is 2.76 bits per heavy atom. The number of rotatable bonds is 3. The molecule has 0 radical (unpaired) electrons. The molecule has 6 nitrogen and oxygen atoms in total. The van der Waals surface area contributed by atoms with Gasteiger partial charge in [0.25, 0.3) is 0 Å². The second-order valence-electron chi connectivity index (χ2n) is 7.53. The molecule has 6 heteroatoms. The first-order valence-electron chi connectivity index (χ1n) is 8.45. The third kappa shape index (κ3) is 2.64. The van der Waals surface area contributed by atoms with Gasteiger partial charge in [0.15, 0.2) is 0 Å². The Morgan fingerprint density at radius 2 is 2.12 bits per heavy atom. The van der Waals surface area contributed by atoms with E-state index in [1.54, 1.807) is 0 Å². The molecule has 0 spiro atoms. The highest BCUT2D eigenvalue weighted by Crippen LogP contribution is 2.58. The van der Waals surface area contributed by atoms with Gasteiger partial charge in [-0.15, -0.1) is 0 Å². The highest BCUT2D eigenvalue weighted by atomic mass is 16.6. The maximum absolute atomic E-state index is 12.1. The van der Waals surface area contributed by atoms with Gasteiger partial charge in [-0.3, -0.25) is 0 Å². The fourth-order valence-corrected chi connectivity index (χ4v) is 4.72. The van der Waals surface area contributed by atoms with Crippen LogP contribution in [0.25, 0.3) is 0 Å². The fraction of sp³-hybridized carbons (Fsp3) is 0.579. The van der Waals surface area contributed by atoms with Crippen LogP contribution in [-0.4, -0.2) is 47.1 Å². The maximum Gasteiger partial charge on any atom is 0.336 e. The van der Waals surface area contributed by atoms with Gasteiger partial charge in [0.1, 0.15) is 12.2 Å². The summed E-state index contributed by atoms with van der Waals surface area (Å²) in [4.78, 5) is 24.1. The largest absolute Gasteiger partial charge is 0.458 e. The first kappa shape index (κ1) is 17.9. The molecule has 3 rings (SSSR count). The van der Waals surface area contributed by atoms with E-state index in [2.05, 4.69) is 19.7 Å². The maximum atomic E-state index is 12.1. The van der Waals surface area contributed by atoms with E-state index >= 15 is 0 Å². The zero-order valence-electron chi connectivity index (χ0n) is 14.4. The van der Waals surface area contributed by atoms with Crippen molar-refractivity contribution in [2.75, 3.05) is 6.61 Å². The van der Waals surface area contributed by atoms with E-state index in [0.717, 1.165) is 5.57 Å². The Hall–Kier alpha value is -1.92. The minimum Gasteiger partial charge on any atom is -0.458 e. The van der Waals surface area contributed by atoms with Crippen molar-refractivity contribution in [3.63, 3.8) is 0 Å². The van der Waals surface area contributed by atoms with Crippen molar-refractivity contribution in [2.45, 2.75) is 44.5 Å². The van der Waals surface area contributed by atoms with Crippen LogP contribution >= 0.6 is 0 Å². The summed E-state index contributed by atoms with van der Waals surface area (Å²) in [6.45, 7) is 12.9. The number of hydrogen-bond acceptors (Lipinski definition) is 6. The van der Waals surface area contributed by atoms with Crippen molar-refractivity contribution in [1.29, 1.82) is 0 Å². The molecule has 3 fully saturated rings. The van der Waals surface area contributed by atoms with Crippen LogP contribution in [0.5, 0.6) is 0 Å². The van der Waals surface area contributed by atoms with Crippen LogP contribution < -0.4 is 0 Å². The predicted molar refractivity (Wildman–Crippen MR) is 89.2 cm³/mol. The quantitative estimate of drug-likeness (QED) is 0.453. The molecular formula is C19H24O6. The normalized spacial score (nSPS) is 40.1. The van der Waals surface area contributed by atoms with Crippen LogP contribution in [0.4, 0.5) is 0 Å². The van der Waals surface area contributed by atoms with Crippen molar-refractivity contribution in [2.24, 2.45) is 17.3 Å². The van der Waals surface area contributed by atoms with Crippen molar-refractivity contribution in [3.8, 4) is 0 Å². The molecular weight excluding hydrogens is 324 g/mol. The number of hydrogen-bond donors (Lipinski definition) is 2. The zero-order chi connectivity index (χ0) is 18.5. The van der Waals surface area contributed by atoms with Crippen molar-refractivity contribution in [1.82, 2.24) is 0 Å². The smallest absolute Gasteiger partial charge is 0.336 e. The lowest BCUT2D eigenvalue weighted by atomic mass is 9.53. The van der Waals surface area contributed by atoms with E-state index in [1.807, 2.05) is 6.92 Å². The van der Waals surface area contributed by atoms with E-state index in [9.17, 15) is 14.7 Å².